The van der Waals surface area contributed by atoms with Crippen LogP contribution in [0.25, 0.3) is 22.9 Å². The number of anilines is 8. The molecule has 0 aliphatic rings. The van der Waals surface area contributed by atoms with Crippen molar-refractivity contribution < 1.29 is 91.6 Å². The van der Waals surface area contributed by atoms with Gasteiger partial charge in [0, 0.05) is 80.6 Å². The molecule has 0 fully saturated rings. The lowest BCUT2D eigenvalue weighted by Gasteiger charge is -2.24. The molecule has 6 amide bonds. The number of halogens is 10. The predicted molar refractivity (Wildman–Crippen MR) is 509 cm³/mol. The van der Waals surface area contributed by atoms with E-state index in [0.717, 1.165) is 42.5 Å². The Balaban J connectivity index is 0.000000305. The van der Waals surface area contributed by atoms with Crippen LogP contribution in [0.2, 0.25) is 0 Å². The summed E-state index contributed by atoms with van der Waals surface area (Å²) < 4.78 is 155. The Hall–Kier alpha value is -13.2. The zero-order valence-corrected chi connectivity index (χ0v) is 79.7. The van der Waals surface area contributed by atoms with E-state index in [1.165, 1.54) is 91.8 Å². The van der Waals surface area contributed by atoms with Gasteiger partial charge in [0.15, 0.2) is 34.9 Å². The van der Waals surface area contributed by atoms with Gasteiger partial charge in [-0.2, -0.15) is 0 Å². The van der Waals surface area contributed by atoms with Gasteiger partial charge in [-0.15, -0.1) is 22.6 Å². The number of rotatable bonds is 28. The van der Waals surface area contributed by atoms with Gasteiger partial charge in [0.2, 0.25) is 0 Å². The average molecular weight is 1910 g/mol. The molecule has 0 aliphatic carbocycles. The van der Waals surface area contributed by atoms with Crippen molar-refractivity contribution in [3.8, 4) is 22.9 Å². The predicted octanol–water partition coefficient (Wildman–Crippen LogP) is 18.6. The molecule has 0 saturated carbocycles. The molecule has 28 nitrogen and oxygen atoms in total. The maximum atomic E-state index is 14.7. The molecule has 0 saturated heterocycles. The third-order valence-electron chi connectivity index (χ3n) is 18.2. The Morgan fingerprint density at radius 2 is 0.791 bits per heavy atom. The van der Waals surface area contributed by atoms with E-state index in [9.17, 15) is 63.5 Å². The first-order valence-corrected chi connectivity index (χ1v) is 43.6. The summed E-state index contributed by atoms with van der Waals surface area (Å²) in [4.78, 5) is 63.8. The molecule has 12 N–H and O–H groups in total. The van der Waals surface area contributed by atoms with Gasteiger partial charge in [-0.1, -0.05) is 140 Å². The fraction of sp³-hybridized carbons (Fsp3) is 0.337. The molecule has 2 aromatic heterocycles. The minimum atomic E-state index is -1.39. The van der Waals surface area contributed by atoms with Crippen LogP contribution < -0.4 is 69.7 Å². The number of aliphatic hydroxyl groups excluding tert-OH is 1. The number of nitrogens with zero attached hydrogens (tertiary/aromatic N) is 7. The molecule has 0 radical (unpaired) electrons. The number of benzene rings is 9. The molecule has 2 heterocycles. The summed E-state index contributed by atoms with van der Waals surface area (Å²) in [6.45, 7) is 26.6. The second kappa shape index (κ2) is 54.1. The topological polar surface area (TPSA) is 355 Å². The van der Waals surface area contributed by atoms with Crippen molar-refractivity contribution >= 4 is 113 Å². The number of hydrogen-bond donors (Lipinski definition) is 11. The smallest absolute Gasteiger partial charge is 0.410 e. The first kappa shape index (κ1) is 111. The number of aromatic nitrogens is 4. The molecular formula is C95H118ClF9N17O11P. The number of hydrazine groups is 1. The minimum Gasteiger partial charge on any atom is -0.444 e. The molecule has 0 spiro atoms. The Kier molecular flexibility index (Phi) is 44.9. The number of nitrogens with one attached hydrogen (secondary N) is 9. The third-order valence-corrected chi connectivity index (χ3v) is 20.7. The van der Waals surface area contributed by atoms with E-state index >= 15 is 0 Å². The van der Waals surface area contributed by atoms with Crippen molar-refractivity contribution in [2.75, 3.05) is 114 Å². The van der Waals surface area contributed by atoms with Crippen molar-refractivity contribution in [1.82, 2.24) is 56.6 Å². The number of aliphatic hydroxyl groups is 1. The summed E-state index contributed by atoms with van der Waals surface area (Å²) in [5.41, 5.74) is 9.65. The third kappa shape index (κ3) is 35.7. The molecule has 0 unspecified atom stereocenters. The van der Waals surface area contributed by atoms with Crippen LogP contribution in [0.3, 0.4) is 0 Å². The lowest BCUT2D eigenvalue weighted by atomic mass is 10.1. The highest BCUT2D eigenvalue weighted by molar-refractivity contribution is 7.79. The lowest BCUT2D eigenvalue weighted by Crippen LogP contribution is -2.48. The quantitative estimate of drug-likeness (QED) is 0.00713. The Morgan fingerprint density at radius 1 is 0.433 bits per heavy atom. The SMILES string of the molecule is CCc1ccc(Nc2c(-c3nnc(NCCN(C)C(=O)OC(C)(C)C)o3)ccc(F)c2F)c(F)c1.CCc1ccc(Nc2c(-c3nnc(NCCNC)o3)ccc(F)c2F)c(F)c1.CCc1ccc(Nc2c(C(=O)NNC(=O)NCCN(C)C(=O)OC(C)(C)C)ccc(F)c2F)c(F)c1.CN(CCN)C(=O)OC(C)(C)C.CO.Cc1ccc(P(c2ccccc2)c2ccccc2)cc1.Cl. The van der Waals surface area contributed by atoms with Crippen LogP contribution >= 0.6 is 20.3 Å². The maximum absolute atomic E-state index is 14.7. The normalized spacial score (nSPS) is 10.8. The molecule has 0 atom stereocenters. The molecule has 9 aromatic carbocycles. The summed E-state index contributed by atoms with van der Waals surface area (Å²) >= 11 is 0. The summed E-state index contributed by atoms with van der Waals surface area (Å²) in [6.07, 6.45) is 0.473. The number of ether oxygens (including phenoxy) is 3. The van der Waals surface area contributed by atoms with E-state index in [-0.39, 0.29) is 114 Å². The molecule has 11 aromatic rings. The van der Waals surface area contributed by atoms with Crippen molar-refractivity contribution in [1.29, 1.82) is 0 Å². The number of carbonyl (C=O) groups is 5. The number of nitrogens with two attached hydrogens (primary N) is 1. The number of likely N-dealkylation sites (N-methyl/N-ethyl adjacent to an activating group) is 4. The van der Waals surface area contributed by atoms with E-state index in [1.54, 1.807) is 80.9 Å². The molecular weight excluding hydrogens is 1790 g/mol. The van der Waals surface area contributed by atoms with E-state index in [2.05, 4.69) is 160 Å². The highest BCUT2D eigenvalue weighted by atomic mass is 35.5. The number of urea groups is 1. The van der Waals surface area contributed by atoms with Crippen molar-refractivity contribution in [3.63, 3.8) is 0 Å². The van der Waals surface area contributed by atoms with Crippen LogP contribution in [0.4, 0.5) is 105 Å². The average Bonchev–Trinajstić information content (AvgIpc) is 1.48. The number of amides is 6. The monoisotopic (exact) mass is 1910 g/mol. The Morgan fingerprint density at radius 3 is 1.16 bits per heavy atom. The minimum absolute atomic E-state index is 0. The van der Waals surface area contributed by atoms with Crippen LogP contribution in [-0.2, 0) is 33.5 Å². The largest absolute Gasteiger partial charge is 0.444 e. The van der Waals surface area contributed by atoms with Gasteiger partial charge < -0.3 is 85.8 Å². The second-order valence-electron chi connectivity index (χ2n) is 32.2. The molecule has 39 heteroatoms. The molecule has 0 aliphatic heterocycles. The van der Waals surface area contributed by atoms with Crippen LogP contribution in [0.5, 0.6) is 0 Å². The summed E-state index contributed by atoms with van der Waals surface area (Å²) in [5, 5.41) is 45.4. The second-order valence-corrected chi connectivity index (χ2v) is 34.4. The van der Waals surface area contributed by atoms with Gasteiger partial charge in [-0.05, 0) is 209 Å². The van der Waals surface area contributed by atoms with Gasteiger partial charge >= 0.3 is 36.3 Å². The van der Waals surface area contributed by atoms with Crippen molar-refractivity contribution in [2.24, 2.45) is 5.73 Å². The Bertz CT molecular complexity index is 5550. The van der Waals surface area contributed by atoms with Crippen molar-refractivity contribution in [2.45, 2.75) is 126 Å². The van der Waals surface area contributed by atoms with Gasteiger partial charge in [-0.25, -0.2) is 64.1 Å². The molecule has 0 bridgehead atoms. The highest BCUT2D eigenvalue weighted by Crippen LogP contribution is 2.39. The number of hydrogen-bond acceptors (Lipinski definition) is 22. The van der Waals surface area contributed by atoms with Crippen molar-refractivity contribution in [3.05, 3.63) is 256 Å². The van der Waals surface area contributed by atoms with Crippen LogP contribution in [0.15, 0.2) is 185 Å². The van der Waals surface area contributed by atoms with Gasteiger partial charge in [-0.3, -0.25) is 10.2 Å². The molecule has 724 valence electrons. The fourth-order valence-electron chi connectivity index (χ4n) is 11.4. The summed E-state index contributed by atoms with van der Waals surface area (Å²) in [5.74, 6) is -10.2. The zero-order chi connectivity index (χ0) is 98.5. The van der Waals surface area contributed by atoms with Crippen LogP contribution in [-0.4, -0.2) is 175 Å². The lowest BCUT2D eigenvalue weighted by molar-refractivity contribution is 0.0292. The maximum Gasteiger partial charge on any atom is 0.410 e. The fourth-order valence-corrected chi connectivity index (χ4v) is 13.7. The first-order chi connectivity index (χ1) is 63.0. The van der Waals surface area contributed by atoms with E-state index < -0.39 is 107 Å². The van der Waals surface area contributed by atoms with E-state index in [4.69, 9.17) is 33.9 Å². The van der Waals surface area contributed by atoms with Gasteiger partial charge in [0.1, 0.15) is 34.3 Å². The standard InChI is InChI=1S/C24H30F3N5O4.C24H28F3N5O3.C19H20F3N5O.C19H17P.C8H18N2O2.CH4O.ClH/c1-6-14-7-10-18(17(26)13-14)29-20-15(8-9-16(25)19(20)27)21(33)30-31-22(34)28-11-12-32(5)23(35)36-24(2,3)4;1-6-14-7-10-18(17(26)13-14)29-20-15(8-9-16(25)19(20)27)21-30-31-22(34-21)28-11-12-32(5)23(33)35-24(2,3)4;1-3-11-4-7-15(14(21)10-11)25-17-12(5-6-13(20)16(17)22)18-26-27-19(28-18)24-9-8-23-2;1-16-12-14-19(15-13-16)20(17-8-4-2-5-9-17)18-10-6-3-7-11-18;1-8(2,3)12-7(11)10(4)6-5-9;1-2;/h7-10,13,29H,6,11-12H2,1-5H3,(H,30,33)(H2,28,31,34);7-10,13,29H,6,11-12H2,1-5H3,(H,28,31);4-7,10,23,25H,3,8-9H2,1-2H3,(H,24,27);2-15H,1H3;5-6,9H2,1-4H3;2H,1H3;1H. The van der Waals surface area contributed by atoms with Crippen LogP contribution in [0.1, 0.15) is 116 Å². The van der Waals surface area contributed by atoms with Gasteiger partial charge in [0.25, 0.3) is 17.7 Å². The first-order valence-electron chi connectivity index (χ1n) is 42.2. The highest BCUT2D eigenvalue weighted by Gasteiger charge is 2.28. The molecule has 11 rings (SSSR count). The van der Waals surface area contributed by atoms with Gasteiger partial charge in [0.05, 0.1) is 50.8 Å². The number of aryl methyl sites for hydroxylation is 4. The van der Waals surface area contributed by atoms with E-state index in [1.807, 2.05) is 41.5 Å². The number of carbonyl (C=O) groups excluding carboxylic acids is 5. The van der Waals surface area contributed by atoms with Crippen LogP contribution in [0, 0.1) is 59.3 Å². The Labute approximate surface area is 782 Å². The van der Waals surface area contributed by atoms with E-state index in [0.29, 0.717) is 51.0 Å². The molecule has 134 heavy (non-hydrogen) atoms. The zero-order valence-electron chi connectivity index (χ0n) is 78.0. The summed E-state index contributed by atoms with van der Waals surface area (Å²) in [6, 6.07) is 49.2. The summed E-state index contributed by atoms with van der Waals surface area (Å²) in [7, 11) is 7.08.